The predicted molar refractivity (Wildman–Crippen MR) is 117 cm³/mol. The summed E-state index contributed by atoms with van der Waals surface area (Å²) in [5.74, 6) is 0. The van der Waals surface area contributed by atoms with E-state index >= 15 is 0 Å². The van der Waals surface area contributed by atoms with E-state index in [4.69, 9.17) is 5.73 Å². The van der Waals surface area contributed by atoms with Crippen molar-refractivity contribution >= 4 is 11.4 Å². The molecule has 0 atom stereocenters. The number of nitro benzene ring substituents is 1. The van der Waals surface area contributed by atoms with Crippen LogP contribution in [0.25, 0.3) is 0 Å². The second-order valence-corrected chi connectivity index (χ2v) is 6.64. The number of nitro groups is 1. The SMILES string of the molecule is C=CCN(C)Cc1cccc(N)c1.C=CCN(C)Cc1cccc([N+](=O)[O-])c1. The molecule has 0 aromatic heterocycles. The second-order valence-electron chi connectivity index (χ2n) is 6.64. The molecular formula is C22H30N4O2. The van der Waals surface area contributed by atoms with Crippen LogP contribution in [0, 0.1) is 10.1 Å². The van der Waals surface area contributed by atoms with Crippen LogP contribution in [0.1, 0.15) is 11.1 Å². The number of nitrogens with two attached hydrogens (primary N) is 1. The maximum atomic E-state index is 10.5. The van der Waals surface area contributed by atoms with Gasteiger partial charge in [-0.15, -0.1) is 13.2 Å². The summed E-state index contributed by atoms with van der Waals surface area (Å²) in [5, 5.41) is 10.5. The summed E-state index contributed by atoms with van der Waals surface area (Å²) in [6, 6.07) is 14.6. The smallest absolute Gasteiger partial charge is 0.269 e. The monoisotopic (exact) mass is 382 g/mol. The first kappa shape index (κ1) is 23.1. The van der Waals surface area contributed by atoms with E-state index in [-0.39, 0.29) is 10.6 Å². The number of benzene rings is 2. The Balaban J connectivity index is 0.000000283. The molecule has 28 heavy (non-hydrogen) atoms. The largest absolute Gasteiger partial charge is 0.399 e. The van der Waals surface area contributed by atoms with Gasteiger partial charge < -0.3 is 5.73 Å². The van der Waals surface area contributed by atoms with Crippen LogP contribution in [0.3, 0.4) is 0 Å². The first-order chi connectivity index (χ1) is 13.3. The fourth-order valence-electron chi connectivity index (χ4n) is 2.65. The zero-order valence-electron chi connectivity index (χ0n) is 16.8. The van der Waals surface area contributed by atoms with Gasteiger partial charge in [-0.2, -0.15) is 0 Å². The molecule has 0 aliphatic heterocycles. The van der Waals surface area contributed by atoms with Crippen molar-refractivity contribution in [3.63, 3.8) is 0 Å². The lowest BCUT2D eigenvalue weighted by molar-refractivity contribution is -0.384. The Labute approximate surface area is 167 Å². The molecule has 0 spiro atoms. The maximum absolute atomic E-state index is 10.5. The molecule has 0 amide bonds. The fraction of sp³-hybridized carbons (Fsp3) is 0.273. The number of likely N-dealkylation sites (N-methyl/N-ethyl adjacent to an activating group) is 2. The Kier molecular flexibility index (Phi) is 10.2. The van der Waals surface area contributed by atoms with Gasteiger partial charge in [0.15, 0.2) is 0 Å². The molecule has 0 radical (unpaired) electrons. The molecule has 2 rings (SSSR count). The molecule has 2 N–H and O–H groups in total. The maximum Gasteiger partial charge on any atom is 0.269 e. The number of non-ortho nitro benzene ring substituents is 1. The quantitative estimate of drug-likeness (QED) is 0.306. The van der Waals surface area contributed by atoms with Crippen LogP contribution < -0.4 is 5.73 Å². The second kappa shape index (κ2) is 12.4. The van der Waals surface area contributed by atoms with Crippen molar-refractivity contribution in [2.24, 2.45) is 0 Å². The van der Waals surface area contributed by atoms with Gasteiger partial charge in [0.2, 0.25) is 0 Å². The number of hydrogen-bond acceptors (Lipinski definition) is 5. The number of anilines is 1. The number of rotatable bonds is 9. The fourth-order valence-corrected chi connectivity index (χ4v) is 2.65. The lowest BCUT2D eigenvalue weighted by atomic mass is 10.2. The van der Waals surface area contributed by atoms with E-state index in [1.807, 2.05) is 42.3 Å². The van der Waals surface area contributed by atoms with Gasteiger partial charge in [0.25, 0.3) is 5.69 Å². The summed E-state index contributed by atoms with van der Waals surface area (Å²) >= 11 is 0. The Bertz CT molecular complexity index is 777. The van der Waals surface area contributed by atoms with Crippen LogP contribution in [0.5, 0.6) is 0 Å². The van der Waals surface area contributed by atoms with E-state index in [1.165, 1.54) is 11.6 Å². The van der Waals surface area contributed by atoms with Crippen molar-refractivity contribution in [2.75, 3.05) is 32.9 Å². The van der Waals surface area contributed by atoms with Gasteiger partial charge in [-0.05, 0) is 37.4 Å². The third-order valence-electron chi connectivity index (χ3n) is 3.86. The van der Waals surface area contributed by atoms with Gasteiger partial charge in [-0.3, -0.25) is 19.9 Å². The molecule has 0 fully saturated rings. The predicted octanol–water partition coefficient (Wildman–Crippen LogP) is 4.10. The first-order valence-electron chi connectivity index (χ1n) is 9.02. The Morgan fingerprint density at radius 1 is 0.964 bits per heavy atom. The standard InChI is InChI=1S/C11H14N2O2.C11H16N2/c1-3-7-12(2)9-10-5-4-6-11(8-10)13(14)15;1-3-7-13(2)9-10-5-4-6-11(12)8-10/h3-6,8H,1,7,9H2,2H3;3-6,8H,1,7,9,12H2,2H3. The molecule has 0 aliphatic carbocycles. The summed E-state index contributed by atoms with van der Waals surface area (Å²) in [7, 11) is 4.01. The summed E-state index contributed by atoms with van der Waals surface area (Å²) in [4.78, 5) is 14.4. The topological polar surface area (TPSA) is 75.6 Å². The molecule has 0 heterocycles. The molecule has 6 nitrogen and oxygen atoms in total. The van der Waals surface area contributed by atoms with Crippen LogP contribution in [0.2, 0.25) is 0 Å². The molecular weight excluding hydrogens is 352 g/mol. The van der Waals surface area contributed by atoms with E-state index in [0.29, 0.717) is 6.54 Å². The van der Waals surface area contributed by atoms with Crippen LogP contribution >= 0.6 is 0 Å². The molecule has 0 saturated heterocycles. The van der Waals surface area contributed by atoms with Gasteiger partial charge in [0.1, 0.15) is 0 Å². The summed E-state index contributed by atoms with van der Waals surface area (Å²) in [6.45, 7) is 10.6. The molecule has 0 aliphatic rings. The number of hydrogen-bond donors (Lipinski definition) is 1. The van der Waals surface area contributed by atoms with E-state index in [1.54, 1.807) is 18.2 Å². The van der Waals surface area contributed by atoms with Gasteiger partial charge in [0, 0.05) is 44.0 Å². The molecule has 0 bridgehead atoms. The van der Waals surface area contributed by atoms with Crippen LogP contribution in [0.4, 0.5) is 11.4 Å². The summed E-state index contributed by atoms with van der Waals surface area (Å²) in [5.41, 5.74) is 8.81. The molecule has 2 aromatic rings. The van der Waals surface area contributed by atoms with E-state index < -0.39 is 0 Å². The lowest BCUT2D eigenvalue weighted by Crippen LogP contribution is -2.17. The van der Waals surface area contributed by atoms with E-state index in [9.17, 15) is 10.1 Å². The minimum Gasteiger partial charge on any atom is -0.399 e. The van der Waals surface area contributed by atoms with E-state index in [2.05, 4.69) is 31.2 Å². The minimum atomic E-state index is -0.378. The third kappa shape index (κ3) is 9.12. The molecule has 2 aromatic carbocycles. The highest BCUT2D eigenvalue weighted by atomic mass is 16.6. The average molecular weight is 383 g/mol. The van der Waals surface area contributed by atoms with Crippen molar-refractivity contribution in [1.29, 1.82) is 0 Å². The zero-order valence-corrected chi connectivity index (χ0v) is 16.8. The Hall–Kier alpha value is -2.96. The normalized spacial score (nSPS) is 10.3. The number of nitrogens with zero attached hydrogens (tertiary/aromatic N) is 3. The van der Waals surface area contributed by atoms with Gasteiger partial charge >= 0.3 is 0 Å². The molecule has 0 saturated carbocycles. The van der Waals surface area contributed by atoms with Gasteiger partial charge in [-0.1, -0.05) is 36.4 Å². The van der Waals surface area contributed by atoms with Gasteiger partial charge in [0.05, 0.1) is 4.92 Å². The highest BCUT2D eigenvalue weighted by Crippen LogP contribution is 2.14. The third-order valence-corrected chi connectivity index (χ3v) is 3.86. The van der Waals surface area contributed by atoms with Crippen molar-refractivity contribution in [3.8, 4) is 0 Å². The van der Waals surface area contributed by atoms with Crippen LogP contribution in [0.15, 0.2) is 73.8 Å². The minimum absolute atomic E-state index is 0.138. The first-order valence-corrected chi connectivity index (χ1v) is 9.02. The van der Waals surface area contributed by atoms with Gasteiger partial charge in [-0.25, -0.2) is 0 Å². The molecule has 0 unspecified atom stereocenters. The summed E-state index contributed by atoms with van der Waals surface area (Å²) in [6.07, 6.45) is 3.70. The highest BCUT2D eigenvalue weighted by molar-refractivity contribution is 5.40. The van der Waals surface area contributed by atoms with Crippen molar-refractivity contribution in [3.05, 3.63) is 95.1 Å². The van der Waals surface area contributed by atoms with Crippen LogP contribution in [-0.2, 0) is 13.1 Å². The van der Waals surface area contributed by atoms with Crippen LogP contribution in [-0.4, -0.2) is 41.9 Å². The Morgan fingerprint density at radius 3 is 1.93 bits per heavy atom. The average Bonchev–Trinajstić information content (AvgIpc) is 2.63. The molecule has 150 valence electrons. The van der Waals surface area contributed by atoms with E-state index in [0.717, 1.165) is 30.9 Å². The highest BCUT2D eigenvalue weighted by Gasteiger charge is 2.06. The van der Waals surface area contributed by atoms with Crippen molar-refractivity contribution in [2.45, 2.75) is 13.1 Å². The summed E-state index contributed by atoms with van der Waals surface area (Å²) < 4.78 is 0. The lowest BCUT2D eigenvalue weighted by Gasteiger charge is -2.14. The molecule has 6 heteroatoms. The van der Waals surface area contributed by atoms with Crippen molar-refractivity contribution in [1.82, 2.24) is 9.80 Å². The van der Waals surface area contributed by atoms with Crippen molar-refractivity contribution < 1.29 is 4.92 Å². The Morgan fingerprint density at radius 2 is 1.46 bits per heavy atom. The zero-order chi connectivity index (χ0) is 20.9. The number of nitrogen functional groups attached to an aromatic ring is 1.